The average molecular weight is 385 g/mol. The summed E-state index contributed by atoms with van der Waals surface area (Å²) < 4.78 is 0. The maximum Gasteiger partial charge on any atom is 0.191 e. The van der Waals surface area contributed by atoms with Gasteiger partial charge >= 0.3 is 0 Å². The summed E-state index contributed by atoms with van der Waals surface area (Å²) in [6, 6.07) is 5.63. The van der Waals surface area contributed by atoms with E-state index < -0.39 is 0 Å². The zero-order valence-corrected chi connectivity index (χ0v) is 17.4. The van der Waals surface area contributed by atoms with E-state index in [1.807, 2.05) is 6.20 Å². The lowest BCUT2D eigenvalue weighted by Gasteiger charge is -2.24. The van der Waals surface area contributed by atoms with E-state index in [2.05, 4.69) is 44.5 Å². The van der Waals surface area contributed by atoms with Gasteiger partial charge in [0.2, 0.25) is 0 Å². The van der Waals surface area contributed by atoms with Crippen molar-refractivity contribution in [2.75, 3.05) is 37.6 Å². The van der Waals surface area contributed by atoms with E-state index in [0.29, 0.717) is 12.6 Å². The molecular weight excluding hydrogens is 348 g/mol. The highest BCUT2D eigenvalue weighted by molar-refractivity contribution is 5.80. The van der Waals surface area contributed by atoms with Crippen LogP contribution in [-0.2, 0) is 6.54 Å². The van der Waals surface area contributed by atoms with Crippen molar-refractivity contribution in [3.8, 4) is 0 Å². The number of anilines is 1. The maximum atomic E-state index is 4.87. The van der Waals surface area contributed by atoms with Gasteiger partial charge < -0.3 is 15.5 Å². The van der Waals surface area contributed by atoms with Gasteiger partial charge in [0.15, 0.2) is 5.96 Å². The van der Waals surface area contributed by atoms with Gasteiger partial charge in [0.05, 0.1) is 6.54 Å². The molecule has 0 aromatic carbocycles. The van der Waals surface area contributed by atoms with Gasteiger partial charge in [0, 0.05) is 51.0 Å². The lowest BCUT2D eigenvalue weighted by Crippen LogP contribution is -2.45. The molecule has 1 atom stereocenters. The number of hydrogen-bond acceptors (Lipinski definition) is 4. The van der Waals surface area contributed by atoms with Crippen molar-refractivity contribution >= 4 is 11.8 Å². The highest BCUT2D eigenvalue weighted by Gasteiger charge is 2.30. The van der Waals surface area contributed by atoms with Crippen molar-refractivity contribution in [2.45, 2.75) is 70.5 Å². The summed E-state index contributed by atoms with van der Waals surface area (Å²) in [4.78, 5) is 14.5. The molecule has 6 heteroatoms. The van der Waals surface area contributed by atoms with Crippen LogP contribution in [0.4, 0.5) is 5.82 Å². The highest BCUT2D eigenvalue weighted by atomic mass is 15.3. The van der Waals surface area contributed by atoms with E-state index in [1.54, 1.807) is 0 Å². The molecule has 2 N–H and O–H groups in total. The molecule has 0 radical (unpaired) electrons. The van der Waals surface area contributed by atoms with Gasteiger partial charge in [-0.2, -0.15) is 0 Å². The van der Waals surface area contributed by atoms with Crippen LogP contribution >= 0.6 is 0 Å². The molecule has 1 aromatic rings. The highest BCUT2D eigenvalue weighted by Crippen LogP contribution is 2.26. The second kappa shape index (κ2) is 9.59. The number of hydrogen-bond donors (Lipinski definition) is 2. The molecule has 1 unspecified atom stereocenters. The zero-order valence-electron chi connectivity index (χ0n) is 17.4. The van der Waals surface area contributed by atoms with Crippen molar-refractivity contribution in [1.29, 1.82) is 0 Å². The minimum Gasteiger partial charge on any atom is -0.357 e. The third-order valence-electron chi connectivity index (χ3n) is 6.41. The fourth-order valence-corrected chi connectivity index (χ4v) is 4.87. The Morgan fingerprint density at radius 2 is 1.96 bits per heavy atom. The Labute approximate surface area is 169 Å². The Bertz CT molecular complexity index is 648. The fourth-order valence-electron chi connectivity index (χ4n) is 4.87. The average Bonchev–Trinajstić information content (AvgIpc) is 3.49. The molecule has 0 amide bonds. The molecule has 3 heterocycles. The van der Waals surface area contributed by atoms with Crippen LogP contribution in [0, 0.1) is 0 Å². The van der Waals surface area contributed by atoms with Crippen molar-refractivity contribution in [2.24, 2.45) is 4.99 Å². The number of aliphatic imine (C=N–C) groups is 1. The molecule has 0 spiro atoms. The van der Waals surface area contributed by atoms with Gasteiger partial charge in [-0.1, -0.05) is 12.8 Å². The lowest BCUT2D eigenvalue weighted by atomic mass is 10.2. The van der Waals surface area contributed by atoms with Crippen LogP contribution in [0.3, 0.4) is 0 Å². The van der Waals surface area contributed by atoms with Crippen molar-refractivity contribution in [3.05, 3.63) is 23.9 Å². The third-order valence-corrected chi connectivity index (χ3v) is 6.41. The standard InChI is InChI=1S/C22H36N6/c1-2-23-22(26-19-10-14-28(17-19)20-7-3-4-8-20)25-16-18-9-11-24-21(15-18)27-12-5-6-13-27/h9,11,15,19-20H,2-8,10,12-14,16-17H2,1H3,(H2,23,25,26). The third kappa shape index (κ3) is 4.96. The Morgan fingerprint density at radius 1 is 1.14 bits per heavy atom. The number of aromatic nitrogens is 1. The van der Waals surface area contributed by atoms with Crippen LogP contribution in [0.2, 0.25) is 0 Å². The van der Waals surface area contributed by atoms with Gasteiger partial charge in [-0.05, 0) is 56.7 Å². The van der Waals surface area contributed by atoms with Gasteiger partial charge in [0.25, 0.3) is 0 Å². The van der Waals surface area contributed by atoms with E-state index >= 15 is 0 Å². The minimum absolute atomic E-state index is 0.510. The summed E-state index contributed by atoms with van der Waals surface area (Å²) in [5.74, 6) is 2.05. The lowest BCUT2D eigenvalue weighted by molar-refractivity contribution is 0.242. The van der Waals surface area contributed by atoms with Gasteiger partial charge in [-0.25, -0.2) is 9.98 Å². The molecule has 2 aliphatic heterocycles. The summed E-state index contributed by atoms with van der Waals surface area (Å²) in [6.07, 6.45) is 11.3. The van der Waals surface area contributed by atoms with E-state index in [9.17, 15) is 0 Å². The molecule has 2 saturated heterocycles. The summed E-state index contributed by atoms with van der Waals surface area (Å²) in [6.45, 7) is 8.35. The zero-order chi connectivity index (χ0) is 19.2. The fraction of sp³-hybridized carbons (Fsp3) is 0.727. The van der Waals surface area contributed by atoms with Gasteiger partial charge in [-0.3, -0.25) is 4.90 Å². The second-order valence-electron chi connectivity index (χ2n) is 8.47. The topological polar surface area (TPSA) is 55.8 Å². The molecule has 0 bridgehead atoms. The molecule has 4 rings (SSSR count). The first-order valence-electron chi connectivity index (χ1n) is 11.3. The first kappa shape index (κ1) is 19.5. The van der Waals surface area contributed by atoms with Gasteiger partial charge in [-0.15, -0.1) is 0 Å². The van der Waals surface area contributed by atoms with Gasteiger partial charge in [0.1, 0.15) is 5.82 Å². The SMILES string of the molecule is CCNC(=NCc1ccnc(N2CCCC2)c1)NC1CCN(C2CCCC2)C1. The quantitative estimate of drug-likeness (QED) is 0.583. The monoisotopic (exact) mass is 384 g/mol. The first-order chi connectivity index (χ1) is 13.8. The maximum absolute atomic E-state index is 4.87. The Morgan fingerprint density at radius 3 is 2.75 bits per heavy atom. The molecule has 1 saturated carbocycles. The summed E-state index contributed by atoms with van der Waals surface area (Å²) in [5.41, 5.74) is 1.23. The van der Waals surface area contributed by atoms with Crippen LogP contribution < -0.4 is 15.5 Å². The predicted molar refractivity (Wildman–Crippen MR) is 116 cm³/mol. The Balaban J connectivity index is 1.33. The Kier molecular flexibility index (Phi) is 6.68. The van der Waals surface area contributed by atoms with Crippen LogP contribution in [0.15, 0.2) is 23.3 Å². The molecule has 6 nitrogen and oxygen atoms in total. The van der Waals surface area contributed by atoms with E-state index in [0.717, 1.165) is 44.0 Å². The number of nitrogens with zero attached hydrogens (tertiary/aromatic N) is 4. The number of rotatable bonds is 6. The summed E-state index contributed by atoms with van der Waals surface area (Å²) in [5, 5.41) is 7.11. The van der Waals surface area contributed by atoms with Crippen LogP contribution in [0.5, 0.6) is 0 Å². The van der Waals surface area contributed by atoms with Crippen molar-refractivity contribution in [1.82, 2.24) is 20.5 Å². The molecular formula is C22H36N6. The van der Waals surface area contributed by atoms with Crippen molar-refractivity contribution < 1.29 is 0 Å². The molecule has 3 aliphatic rings. The van der Waals surface area contributed by atoms with Crippen molar-refractivity contribution in [3.63, 3.8) is 0 Å². The van der Waals surface area contributed by atoms with E-state index in [-0.39, 0.29) is 0 Å². The smallest absolute Gasteiger partial charge is 0.191 e. The minimum atomic E-state index is 0.510. The molecule has 1 aliphatic carbocycles. The summed E-state index contributed by atoms with van der Waals surface area (Å²) in [7, 11) is 0. The molecule has 28 heavy (non-hydrogen) atoms. The number of pyridine rings is 1. The number of likely N-dealkylation sites (tertiary alicyclic amines) is 1. The molecule has 154 valence electrons. The second-order valence-corrected chi connectivity index (χ2v) is 8.47. The predicted octanol–water partition coefficient (Wildman–Crippen LogP) is 2.75. The van der Waals surface area contributed by atoms with E-state index in [4.69, 9.17) is 4.99 Å². The van der Waals surface area contributed by atoms with E-state index in [1.165, 1.54) is 57.1 Å². The van der Waals surface area contributed by atoms with Crippen LogP contribution in [0.1, 0.15) is 57.4 Å². The molecule has 1 aromatic heterocycles. The largest absolute Gasteiger partial charge is 0.357 e. The summed E-state index contributed by atoms with van der Waals surface area (Å²) >= 11 is 0. The molecule has 3 fully saturated rings. The Hall–Kier alpha value is -1.82. The normalized spacial score (nSPS) is 24.2. The van der Waals surface area contributed by atoms with Crippen LogP contribution in [0.25, 0.3) is 0 Å². The van der Waals surface area contributed by atoms with Crippen LogP contribution in [-0.4, -0.2) is 60.7 Å². The number of guanidine groups is 1. The number of nitrogens with one attached hydrogen (secondary N) is 2. The first-order valence-corrected chi connectivity index (χ1v) is 11.3.